The predicted octanol–water partition coefficient (Wildman–Crippen LogP) is 1.67. The minimum absolute atomic E-state index is 0.0341. The Hall–Kier alpha value is -0.900. The fourth-order valence-electron chi connectivity index (χ4n) is 1.35. The van der Waals surface area contributed by atoms with Gasteiger partial charge in [0.15, 0.2) is 0 Å². The average Bonchev–Trinajstić information content (AvgIpc) is 2.52. The van der Waals surface area contributed by atoms with Gasteiger partial charge in [-0.1, -0.05) is 6.42 Å². The molecule has 1 N–H and O–H groups in total. The first kappa shape index (κ1) is 8.69. The van der Waals surface area contributed by atoms with Gasteiger partial charge in [0.2, 0.25) is 0 Å². The molecule has 2 rings (SSSR count). The Morgan fingerprint density at radius 2 is 2.54 bits per heavy atom. The maximum absolute atomic E-state index is 11.4. The van der Waals surface area contributed by atoms with Crippen LogP contribution in [-0.2, 0) is 0 Å². The highest BCUT2D eigenvalue weighted by molar-refractivity contribution is 7.07. The van der Waals surface area contributed by atoms with Crippen molar-refractivity contribution in [2.24, 2.45) is 5.92 Å². The van der Waals surface area contributed by atoms with Gasteiger partial charge in [-0.2, -0.15) is 0 Å². The minimum Gasteiger partial charge on any atom is -0.350 e. The van der Waals surface area contributed by atoms with Gasteiger partial charge in [-0.05, 0) is 18.8 Å². The normalized spacial score (nSPS) is 16.6. The number of carbonyl (C=O) groups excluding carboxylic acids is 1. The lowest BCUT2D eigenvalue weighted by Crippen LogP contribution is -2.32. The molecule has 1 saturated carbocycles. The maximum atomic E-state index is 11.4. The summed E-state index contributed by atoms with van der Waals surface area (Å²) in [5.41, 5.74) is 2.22. The largest absolute Gasteiger partial charge is 0.350 e. The zero-order chi connectivity index (χ0) is 9.10. The third-order valence-corrected chi connectivity index (χ3v) is 3.03. The van der Waals surface area contributed by atoms with Crippen molar-refractivity contribution < 1.29 is 4.79 Å². The van der Waals surface area contributed by atoms with Crippen molar-refractivity contribution in [2.45, 2.75) is 19.3 Å². The van der Waals surface area contributed by atoms with E-state index in [1.807, 2.05) is 0 Å². The molecule has 1 amide bonds. The molecule has 70 valence electrons. The molecule has 1 fully saturated rings. The summed E-state index contributed by atoms with van der Waals surface area (Å²) in [6.07, 6.45) is 3.84. The Labute approximate surface area is 81.2 Å². The molecule has 3 nitrogen and oxygen atoms in total. The number of hydrogen-bond acceptors (Lipinski definition) is 3. The molecule has 0 atom stereocenters. The van der Waals surface area contributed by atoms with Crippen LogP contribution in [0.25, 0.3) is 0 Å². The number of nitrogens with zero attached hydrogens (tertiary/aromatic N) is 1. The molecule has 4 heteroatoms. The van der Waals surface area contributed by atoms with Gasteiger partial charge in [0.25, 0.3) is 5.91 Å². The maximum Gasteiger partial charge on any atom is 0.270 e. The Balaban J connectivity index is 1.78. The standard InChI is InChI=1S/C9H12N2OS/c12-9(8-5-13-6-11-8)10-4-7-2-1-3-7/h5-7H,1-4H2,(H,10,12). The van der Waals surface area contributed by atoms with E-state index in [2.05, 4.69) is 10.3 Å². The average molecular weight is 196 g/mol. The van der Waals surface area contributed by atoms with Gasteiger partial charge in [0.1, 0.15) is 5.69 Å². The van der Waals surface area contributed by atoms with Crippen LogP contribution in [0.5, 0.6) is 0 Å². The van der Waals surface area contributed by atoms with Gasteiger partial charge in [0, 0.05) is 11.9 Å². The second-order valence-corrected chi connectivity index (χ2v) is 4.10. The summed E-state index contributed by atoms with van der Waals surface area (Å²) < 4.78 is 0. The van der Waals surface area contributed by atoms with Crippen molar-refractivity contribution in [1.82, 2.24) is 10.3 Å². The number of hydrogen-bond donors (Lipinski definition) is 1. The van der Waals surface area contributed by atoms with Gasteiger partial charge in [-0.25, -0.2) is 4.98 Å². The van der Waals surface area contributed by atoms with E-state index in [1.54, 1.807) is 10.9 Å². The van der Waals surface area contributed by atoms with E-state index in [1.165, 1.54) is 30.6 Å². The molecule has 1 aliphatic rings. The van der Waals surface area contributed by atoms with Gasteiger partial charge in [-0.15, -0.1) is 11.3 Å². The monoisotopic (exact) mass is 196 g/mol. The van der Waals surface area contributed by atoms with Crippen LogP contribution in [0.4, 0.5) is 0 Å². The molecular weight excluding hydrogens is 184 g/mol. The second-order valence-electron chi connectivity index (χ2n) is 3.38. The zero-order valence-corrected chi connectivity index (χ0v) is 8.14. The lowest BCUT2D eigenvalue weighted by molar-refractivity contribution is 0.0935. The lowest BCUT2D eigenvalue weighted by Gasteiger charge is -2.25. The van der Waals surface area contributed by atoms with E-state index in [9.17, 15) is 4.79 Å². The van der Waals surface area contributed by atoms with Crippen molar-refractivity contribution >= 4 is 17.2 Å². The number of amides is 1. The Morgan fingerprint density at radius 3 is 3.08 bits per heavy atom. The van der Waals surface area contributed by atoms with Crippen LogP contribution in [0.2, 0.25) is 0 Å². The van der Waals surface area contributed by atoms with Crippen LogP contribution < -0.4 is 5.32 Å². The van der Waals surface area contributed by atoms with E-state index in [4.69, 9.17) is 0 Å². The van der Waals surface area contributed by atoms with Crippen LogP contribution >= 0.6 is 11.3 Å². The van der Waals surface area contributed by atoms with Crippen molar-refractivity contribution in [1.29, 1.82) is 0 Å². The first-order valence-electron chi connectivity index (χ1n) is 4.52. The molecule has 1 aromatic heterocycles. The molecule has 1 aliphatic carbocycles. The Kier molecular flexibility index (Phi) is 2.59. The number of thiazole rings is 1. The summed E-state index contributed by atoms with van der Waals surface area (Å²) in [7, 11) is 0. The summed E-state index contributed by atoms with van der Waals surface area (Å²) in [6, 6.07) is 0. The van der Waals surface area contributed by atoms with Gasteiger partial charge >= 0.3 is 0 Å². The summed E-state index contributed by atoms with van der Waals surface area (Å²) >= 11 is 1.45. The van der Waals surface area contributed by atoms with Crippen molar-refractivity contribution in [3.63, 3.8) is 0 Å². The van der Waals surface area contributed by atoms with E-state index < -0.39 is 0 Å². The number of aromatic nitrogens is 1. The molecule has 1 heterocycles. The molecule has 1 aromatic rings. The molecule has 0 radical (unpaired) electrons. The van der Waals surface area contributed by atoms with Gasteiger partial charge in [-0.3, -0.25) is 4.79 Å². The number of rotatable bonds is 3. The van der Waals surface area contributed by atoms with E-state index in [0.29, 0.717) is 11.6 Å². The zero-order valence-electron chi connectivity index (χ0n) is 7.32. The predicted molar refractivity (Wildman–Crippen MR) is 51.8 cm³/mol. The van der Waals surface area contributed by atoms with Gasteiger partial charge < -0.3 is 5.32 Å². The highest BCUT2D eigenvalue weighted by Gasteiger charge is 2.18. The topological polar surface area (TPSA) is 42.0 Å². The van der Waals surface area contributed by atoms with Crippen LogP contribution in [0.15, 0.2) is 10.9 Å². The highest BCUT2D eigenvalue weighted by Crippen LogP contribution is 2.25. The van der Waals surface area contributed by atoms with E-state index in [-0.39, 0.29) is 5.91 Å². The highest BCUT2D eigenvalue weighted by atomic mass is 32.1. The molecule has 0 saturated heterocycles. The summed E-state index contributed by atoms with van der Waals surface area (Å²) in [5.74, 6) is 0.677. The third-order valence-electron chi connectivity index (χ3n) is 2.44. The lowest BCUT2D eigenvalue weighted by atomic mass is 9.85. The molecule has 0 spiro atoms. The number of carbonyl (C=O) groups is 1. The van der Waals surface area contributed by atoms with E-state index in [0.717, 1.165) is 6.54 Å². The molecule has 13 heavy (non-hydrogen) atoms. The third kappa shape index (κ3) is 2.06. The molecule has 0 aromatic carbocycles. The van der Waals surface area contributed by atoms with Crippen LogP contribution in [0.3, 0.4) is 0 Å². The quantitative estimate of drug-likeness (QED) is 0.799. The van der Waals surface area contributed by atoms with Crippen LogP contribution in [0.1, 0.15) is 29.8 Å². The summed E-state index contributed by atoms with van der Waals surface area (Å²) in [6.45, 7) is 0.816. The first-order valence-corrected chi connectivity index (χ1v) is 5.47. The minimum atomic E-state index is -0.0341. The molecule has 0 aliphatic heterocycles. The summed E-state index contributed by atoms with van der Waals surface area (Å²) in [5, 5.41) is 4.67. The molecular formula is C9H12N2OS. The van der Waals surface area contributed by atoms with Crippen molar-refractivity contribution in [2.75, 3.05) is 6.54 Å². The van der Waals surface area contributed by atoms with Crippen molar-refractivity contribution in [3.8, 4) is 0 Å². The molecule has 0 unspecified atom stereocenters. The first-order chi connectivity index (χ1) is 6.36. The Morgan fingerprint density at radius 1 is 1.69 bits per heavy atom. The fraction of sp³-hybridized carbons (Fsp3) is 0.556. The van der Waals surface area contributed by atoms with E-state index >= 15 is 0 Å². The fourth-order valence-corrected chi connectivity index (χ4v) is 1.88. The second kappa shape index (κ2) is 3.87. The van der Waals surface area contributed by atoms with Gasteiger partial charge in [0.05, 0.1) is 5.51 Å². The van der Waals surface area contributed by atoms with Crippen LogP contribution in [-0.4, -0.2) is 17.4 Å². The SMILES string of the molecule is O=C(NCC1CCC1)c1cscn1. The van der Waals surface area contributed by atoms with Crippen LogP contribution in [0, 0.1) is 5.92 Å². The number of nitrogens with one attached hydrogen (secondary N) is 1. The smallest absolute Gasteiger partial charge is 0.270 e. The summed E-state index contributed by atoms with van der Waals surface area (Å²) in [4.78, 5) is 15.3. The van der Waals surface area contributed by atoms with Crippen molar-refractivity contribution in [3.05, 3.63) is 16.6 Å². The Bertz CT molecular complexity index is 280. The molecule has 0 bridgehead atoms.